The van der Waals surface area contributed by atoms with Gasteiger partial charge in [0.2, 0.25) is 5.91 Å². The monoisotopic (exact) mass is 340 g/mol. The van der Waals surface area contributed by atoms with Crippen molar-refractivity contribution in [3.05, 3.63) is 65.5 Å². The number of halogens is 1. The van der Waals surface area contributed by atoms with Gasteiger partial charge in [-0.3, -0.25) is 9.59 Å². The number of benzene rings is 2. The van der Waals surface area contributed by atoms with Crippen molar-refractivity contribution in [3.8, 4) is 0 Å². The summed E-state index contributed by atoms with van der Waals surface area (Å²) in [5.41, 5.74) is 2.12. The predicted molar refractivity (Wildman–Crippen MR) is 94.6 cm³/mol. The van der Waals surface area contributed by atoms with Gasteiger partial charge in [-0.25, -0.2) is 4.39 Å². The molecule has 0 fully saturated rings. The van der Waals surface area contributed by atoms with Crippen LogP contribution in [0.15, 0.2) is 48.5 Å². The highest BCUT2D eigenvalue weighted by Crippen LogP contribution is 2.27. The minimum Gasteiger partial charge on any atom is -0.324 e. The molecule has 3 rings (SSSR count). The first kappa shape index (κ1) is 17.1. The normalized spacial score (nSPS) is 14.6. The van der Waals surface area contributed by atoms with E-state index >= 15 is 0 Å². The second kappa shape index (κ2) is 7.05. The zero-order chi connectivity index (χ0) is 18.0. The van der Waals surface area contributed by atoms with E-state index in [1.807, 2.05) is 32.0 Å². The third kappa shape index (κ3) is 3.71. The molecule has 1 atom stereocenters. The Bertz CT molecular complexity index is 787. The third-order valence-electron chi connectivity index (χ3n) is 4.33. The minimum atomic E-state index is -0.565. The van der Waals surface area contributed by atoms with E-state index in [1.165, 1.54) is 24.3 Å². The molecular weight excluding hydrogens is 319 g/mol. The Labute approximate surface area is 146 Å². The number of hydrogen-bond donors (Lipinski definition) is 1. The van der Waals surface area contributed by atoms with E-state index in [9.17, 15) is 14.0 Å². The molecule has 2 amide bonds. The van der Waals surface area contributed by atoms with Crippen LogP contribution in [-0.2, 0) is 11.3 Å². The summed E-state index contributed by atoms with van der Waals surface area (Å²) in [6, 6.07) is 12.5. The molecule has 1 aliphatic heterocycles. The van der Waals surface area contributed by atoms with Crippen LogP contribution in [0.4, 0.5) is 10.1 Å². The maximum absolute atomic E-state index is 13.0. The van der Waals surface area contributed by atoms with Crippen molar-refractivity contribution >= 4 is 17.5 Å². The van der Waals surface area contributed by atoms with Gasteiger partial charge in [-0.1, -0.05) is 32.0 Å². The van der Waals surface area contributed by atoms with Gasteiger partial charge in [-0.05, 0) is 48.2 Å². The van der Waals surface area contributed by atoms with E-state index in [0.29, 0.717) is 24.2 Å². The number of amides is 2. The molecule has 2 aromatic rings. The van der Waals surface area contributed by atoms with Crippen LogP contribution >= 0.6 is 0 Å². The molecule has 2 aromatic carbocycles. The van der Waals surface area contributed by atoms with Crippen molar-refractivity contribution in [3.63, 3.8) is 0 Å². The maximum atomic E-state index is 13.0. The highest BCUT2D eigenvalue weighted by Gasteiger charge is 2.36. The van der Waals surface area contributed by atoms with E-state index in [-0.39, 0.29) is 23.5 Å². The van der Waals surface area contributed by atoms with Gasteiger partial charge >= 0.3 is 0 Å². The quantitative estimate of drug-likeness (QED) is 0.899. The molecule has 1 heterocycles. The second-order valence-corrected chi connectivity index (χ2v) is 6.73. The summed E-state index contributed by atoms with van der Waals surface area (Å²) in [6.07, 6.45) is 0.562. The summed E-state index contributed by atoms with van der Waals surface area (Å²) in [6.45, 7) is 4.47. The van der Waals surface area contributed by atoms with Crippen molar-refractivity contribution in [1.82, 2.24) is 4.90 Å². The van der Waals surface area contributed by atoms with Crippen molar-refractivity contribution in [1.29, 1.82) is 0 Å². The van der Waals surface area contributed by atoms with Gasteiger partial charge < -0.3 is 10.2 Å². The lowest BCUT2D eigenvalue weighted by Crippen LogP contribution is -2.45. The Hall–Kier alpha value is -2.69. The summed E-state index contributed by atoms with van der Waals surface area (Å²) >= 11 is 0. The summed E-state index contributed by atoms with van der Waals surface area (Å²) in [5, 5.41) is 2.80. The molecule has 0 aliphatic carbocycles. The predicted octanol–water partition coefficient (Wildman–Crippen LogP) is 3.83. The van der Waals surface area contributed by atoms with Crippen LogP contribution in [0.25, 0.3) is 0 Å². The zero-order valence-electron chi connectivity index (χ0n) is 14.3. The lowest BCUT2D eigenvalue weighted by Gasteiger charge is -2.28. The van der Waals surface area contributed by atoms with Crippen molar-refractivity contribution in [2.75, 3.05) is 5.32 Å². The van der Waals surface area contributed by atoms with Crippen LogP contribution < -0.4 is 5.32 Å². The minimum absolute atomic E-state index is 0.115. The van der Waals surface area contributed by atoms with E-state index in [1.54, 1.807) is 11.0 Å². The highest BCUT2D eigenvalue weighted by atomic mass is 19.1. The number of carbonyl (C=O) groups excluding carboxylic acids is 2. The molecule has 5 heteroatoms. The fraction of sp³-hybridized carbons (Fsp3) is 0.300. The van der Waals surface area contributed by atoms with Gasteiger partial charge in [0.25, 0.3) is 5.91 Å². The Morgan fingerprint density at radius 3 is 2.48 bits per heavy atom. The second-order valence-electron chi connectivity index (χ2n) is 6.73. The van der Waals surface area contributed by atoms with Gasteiger partial charge in [0, 0.05) is 17.8 Å². The maximum Gasteiger partial charge on any atom is 0.255 e. The zero-order valence-corrected chi connectivity index (χ0v) is 14.3. The summed E-state index contributed by atoms with van der Waals surface area (Å²) < 4.78 is 13.0. The summed E-state index contributed by atoms with van der Waals surface area (Å²) in [5.74, 6) is -0.473. The molecule has 130 valence electrons. The van der Waals surface area contributed by atoms with Crippen LogP contribution in [0.3, 0.4) is 0 Å². The summed E-state index contributed by atoms with van der Waals surface area (Å²) in [7, 11) is 0. The highest BCUT2D eigenvalue weighted by molar-refractivity contribution is 6.03. The third-order valence-corrected chi connectivity index (χ3v) is 4.33. The molecule has 1 aliphatic rings. The SMILES string of the molecule is CC(C)C[C@@H](C(=O)Nc1ccc(F)cc1)N1Cc2ccccc2C1=O. The van der Waals surface area contributed by atoms with Crippen LogP contribution in [0.1, 0.15) is 36.2 Å². The standard InChI is InChI=1S/C20H21FN2O2/c1-13(2)11-18(19(24)22-16-9-7-15(21)8-10-16)23-12-14-5-3-4-6-17(14)20(23)25/h3-10,13,18H,11-12H2,1-2H3,(H,22,24)/t18-/m0/s1. The molecule has 0 unspecified atom stereocenters. The van der Waals surface area contributed by atoms with Crippen LogP contribution in [0.5, 0.6) is 0 Å². The van der Waals surface area contributed by atoms with Crippen LogP contribution in [0, 0.1) is 11.7 Å². The van der Waals surface area contributed by atoms with Gasteiger partial charge in [0.1, 0.15) is 11.9 Å². The van der Waals surface area contributed by atoms with Crippen LogP contribution in [0.2, 0.25) is 0 Å². The molecular formula is C20H21FN2O2. The molecule has 0 bridgehead atoms. The fourth-order valence-corrected chi connectivity index (χ4v) is 3.11. The van der Waals surface area contributed by atoms with Gasteiger partial charge in [0.15, 0.2) is 0 Å². The number of rotatable bonds is 5. The molecule has 0 saturated carbocycles. The van der Waals surface area contributed by atoms with E-state index in [0.717, 1.165) is 5.56 Å². The fourth-order valence-electron chi connectivity index (χ4n) is 3.11. The Morgan fingerprint density at radius 2 is 1.84 bits per heavy atom. The van der Waals surface area contributed by atoms with Crippen LogP contribution in [-0.4, -0.2) is 22.8 Å². The number of anilines is 1. The first-order valence-corrected chi connectivity index (χ1v) is 8.41. The van der Waals surface area contributed by atoms with E-state index < -0.39 is 6.04 Å². The Morgan fingerprint density at radius 1 is 1.16 bits per heavy atom. The first-order chi connectivity index (χ1) is 12.0. The molecule has 25 heavy (non-hydrogen) atoms. The van der Waals surface area contributed by atoms with Crippen molar-refractivity contribution in [2.45, 2.75) is 32.9 Å². The number of nitrogens with zero attached hydrogens (tertiary/aromatic N) is 1. The topological polar surface area (TPSA) is 49.4 Å². The molecule has 0 saturated heterocycles. The average molecular weight is 340 g/mol. The van der Waals surface area contributed by atoms with Gasteiger partial charge in [-0.2, -0.15) is 0 Å². The largest absolute Gasteiger partial charge is 0.324 e. The lowest BCUT2D eigenvalue weighted by atomic mass is 10.0. The molecule has 0 radical (unpaired) electrons. The molecule has 1 N–H and O–H groups in total. The summed E-state index contributed by atoms with van der Waals surface area (Å²) in [4.78, 5) is 27.2. The average Bonchev–Trinajstić information content (AvgIpc) is 2.91. The number of carbonyl (C=O) groups is 2. The molecule has 4 nitrogen and oxygen atoms in total. The lowest BCUT2D eigenvalue weighted by molar-refractivity contribution is -0.121. The Kier molecular flexibility index (Phi) is 4.83. The van der Waals surface area contributed by atoms with Gasteiger partial charge in [0.05, 0.1) is 0 Å². The number of hydrogen-bond acceptors (Lipinski definition) is 2. The first-order valence-electron chi connectivity index (χ1n) is 8.41. The smallest absolute Gasteiger partial charge is 0.255 e. The van der Waals surface area contributed by atoms with E-state index in [4.69, 9.17) is 0 Å². The number of nitrogens with one attached hydrogen (secondary N) is 1. The molecule has 0 aromatic heterocycles. The molecule has 0 spiro atoms. The van der Waals surface area contributed by atoms with Crippen molar-refractivity contribution < 1.29 is 14.0 Å². The van der Waals surface area contributed by atoms with E-state index in [2.05, 4.69) is 5.32 Å². The number of fused-ring (bicyclic) bond motifs is 1. The Balaban J connectivity index is 1.81. The van der Waals surface area contributed by atoms with Gasteiger partial charge in [-0.15, -0.1) is 0 Å². The van der Waals surface area contributed by atoms with Crippen molar-refractivity contribution in [2.24, 2.45) is 5.92 Å².